The monoisotopic (exact) mass is 142 g/mol. The van der Waals surface area contributed by atoms with Crippen LogP contribution in [0.1, 0.15) is 19.8 Å². The van der Waals surface area contributed by atoms with Gasteiger partial charge in [-0.2, -0.15) is 0 Å². The fourth-order valence-corrected chi connectivity index (χ4v) is 1.08. The highest BCUT2D eigenvalue weighted by molar-refractivity contribution is 6.40. The average molecular weight is 142 g/mol. The number of hydrogen-bond acceptors (Lipinski definition) is 3. The molecule has 1 rings (SSSR count). The molecule has 3 nitrogen and oxygen atoms in total. The first kappa shape index (κ1) is 7.41. The lowest BCUT2D eigenvalue weighted by Crippen LogP contribution is -2.37. The number of Topliss-reactive ketones (excluding diaryl/α,β-unsaturated/α-hetero) is 2. The van der Waals surface area contributed by atoms with Crippen LogP contribution in [0.5, 0.6) is 0 Å². The van der Waals surface area contributed by atoms with E-state index in [9.17, 15) is 9.59 Å². The summed E-state index contributed by atoms with van der Waals surface area (Å²) in [4.78, 5) is 21.6. The van der Waals surface area contributed by atoms with Crippen LogP contribution in [0, 0.1) is 5.92 Å². The quantitative estimate of drug-likeness (QED) is 0.481. The molecule has 0 aliphatic heterocycles. The highest BCUT2D eigenvalue weighted by Gasteiger charge is 2.32. The molecule has 0 amide bonds. The first-order chi connectivity index (χ1) is 4.63. The van der Waals surface area contributed by atoms with Crippen LogP contribution in [0.2, 0.25) is 0 Å². The number of aliphatic hydroxyl groups is 1. The Kier molecular flexibility index (Phi) is 1.85. The van der Waals surface area contributed by atoms with Gasteiger partial charge in [-0.1, -0.05) is 6.92 Å². The smallest absolute Gasteiger partial charge is 0.226 e. The molecule has 1 saturated carbocycles. The van der Waals surface area contributed by atoms with Crippen molar-refractivity contribution >= 4 is 11.6 Å². The van der Waals surface area contributed by atoms with Crippen LogP contribution in [0.25, 0.3) is 0 Å². The molecule has 2 unspecified atom stereocenters. The Balaban J connectivity index is 2.70. The summed E-state index contributed by atoms with van der Waals surface area (Å²) >= 11 is 0. The van der Waals surface area contributed by atoms with Crippen molar-refractivity contribution in [3.05, 3.63) is 0 Å². The van der Waals surface area contributed by atoms with Gasteiger partial charge in [0.1, 0.15) is 6.10 Å². The standard InChI is InChI=1S/C7H10O3/c1-4-2-3-5(8)7(10)6(4)9/h4-5,8H,2-3H2,1H3. The third kappa shape index (κ3) is 1.09. The van der Waals surface area contributed by atoms with Gasteiger partial charge in [0.15, 0.2) is 0 Å². The Morgan fingerprint density at radius 2 is 1.90 bits per heavy atom. The van der Waals surface area contributed by atoms with Gasteiger partial charge < -0.3 is 5.11 Å². The zero-order valence-corrected chi connectivity index (χ0v) is 5.83. The van der Waals surface area contributed by atoms with Crippen LogP contribution in [-0.4, -0.2) is 22.8 Å². The van der Waals surface area contributed by atoms with E-state index in [0.717, 1.165) is 0 Å². The summed E-state index contributed by atoms with van der Waals surface area (Å²) in [7, 11) is 0. The lowest BCUT2D eigenvalue weighted by molar-refractivity contribution is -0.146. The van der Waals surface area contributed by atoms with Crippen LogP contribution in [0.15, 0.2) is 0 Å². The summed E-state index contributed by atoms with van der Waals surface area (Å²) in [6.45, 7) is 1.71. The van der Waals surface area contributed by atoms with Crippen LogP contribution >= 0.6 is 0 Å². The molecule has 1 aliphatic carbocycles. The lowest BCUT2D eigenvalue weighted by Gasteiger charge is -2.18. The van der Waals surface area contributed by atoms with Crippen LogP contribution in [0.4, 0.5) is 0 Å². The fourth-order valence-electron chi connectivity index (χ4n) is 1.08. The number of hydrogen-bond donors (Lipinski definition) is 1. The van der Waals surface area contributed by atoms with E-state index >= 15 is 0 Å². The van der Waals surface area contributed by atoms with Crippen molar-refractivity contribution in [3.8, 4) is 0 Å². The maximum Gasteiger partial charge on any atom is 0.226 e. The molecule has 3 heteroatoms. The van der Waals surface area contributed by atoms with Gasteiger partial charge in [0.2, 0.25) is 11.6 Å². The second-order valence-corrected chi connectivity index (χ2v) is 2.72. The van der Waals surface area contributed by atoms with E-state index in [4.69, 9.17) is 5.11 Å². The fraction of sp³-hybridized carbons (Fsp3) is 0.714. The molecular formula is C7H10O3. The Morgan fingerprint density at radius 3 is 2.40 bits per heavy atom. The molecule has 10 heavy (non-hydrogen) atoms. The van der Waals surface area contributed by atoms with Gasteiger partial charge in [-0.15, -0.1) is 0 Å². The van der Waals surface area contributed by atoms with E-state index < -0.39 is 17.7 Å². The Morgan fingerprint density at radius 1 is 1.30 bits per heavy atom. The minimum absolute atomic E-state index is 0.184. The topological polar surface area (TPSA) is 54.4 Å². The first-order valence-electron chi connectivity index (χ1n) is 3.39. The maximum absolute atomic E-state index is 10.8. The van der Waals surface area contributed by atoms with Crippen molar-refractivity contribution in [1.82, 2.24) is 0 Å². The van der Waals surface area contributed by atoms with Crippen molar-refractivity contribution in [2.24, 2.45) is 5.92 Å². The zero-order valence-electron chi connectivity index (χ0n) is 5.83. The average Bonchev–Trinajstić information content (AvgIpc) is 1.93. The highest BCUT2D eigenvalue weighted by Crippen LogP contribution is 2.17. The summed E-state index contributed by atoms with van der Waals surface area (Å²) in [5.74, 6) is -1.21. The van der Waals surface area contributed by atoms with Gasteiger partial charge in [0, 0.05) is 5.92 Å². The van der Waals surface area contributed by atoms with E-state index in [0.29, 0.717) is 12.8 Å². The number of carbonyl (C=O) groups excluding carboxylic acids is 2. The molecule has 0 aromatic rings. The Labute approximate surface area is 59.0 Å². The molecule has 0 aromatic heterocycles. The summed E-state index contributed by atoms with van der Waals surface area (Å²) in [5.41, 5.74) is 0. The summed E-state index contributed by atoms with van der Waals surface area (Å²) in [6, 6.07) is 0. The van der Waals surface area contributed by atoms with E-state index in [1.807, 2.05) is 0 Å². The number of rotatable bonds is 0. The van der Waals surface area contributed by atoms with Crippen molar-refractivity contribution in [2.75, 3.05) is 0 Å². The van der Waals surface area contributed by atoms with Gasteiger partial charge in [-0.05, 0) is 12.8 Å². The van der Waals surface area contributed by atoms with Gasteiger partial charge >= 0.3 is 0 Å². The highest BCUT2D eigenvalue weighted by atomic mass is 16.3. The van der Waals surface area contributed by atoms with Crippen molar-refractivity contribution in [1.29, 1.82) is 0 Å². The van der Waals surface area contributed by atoms with Gasteiger partial charge in [-0.25, -0.2) is 0 Å². The van der Waals surface area contributed by atoms with E-state index in [-0.39, 0.29) is 5.92 Å². The third-order valence-corrected chi connectivity index (χ3v) is 1.87. The van der Waals surface area contributed by atoms with Crippen LogP contribution < -0.4 is 0 Å². The van der Waals surface area contributed by atoms with E-state index in [1.54, 1.807) is 6.92 Å². The predicted molar refractivity (Wildman–Crippen MR) is 34.4 cm³/mol. The van der Waals surface area contributed by atoms with Crippen LogP contribution in [-0.2, 0) is 9.59 Å². The predicted octanol–water partition coefficient (Wildman–Crippen LogP) is -0.0846. The van der Waals surface area contributed by atoms with Gasteiger partial charge in [0.05, 0.1) is 0 Å². The molecule has 1 fully saturated rings. The molecule has 0 radical (unpaired) electrons. The molecule has 2 atom stereocenters. The molecule has 0 spiro atoms. The van der Waals surface area contributed by atoms with Crippen molar-refractivity contribution in [2.45, 2.75) is 25.9 Å². The summed E-state index contributed by atoms with van der Waals surface area (Å²) < 4.78 is 0. The Bertz CT molecular complexity index is 154. The molecule has 0 heterocycles. The van der Waals surface area contributed by atoms with Crippen molar-refractivity contribution < 1.29 is 14.7 Å². The number of ketones is 2. The largest absolute Gasteiger partial charge is 0.385 e. The first-order valence-corrected chi connectivity index (χ1v) is 3.39. The molecular weight excluding hydrogens is 132 g/mol. The third-order valence-electron chi connectivity index (χ3n) is 1.87. The van der Waals surface area contributed by atoms with Crippen molar-refractivity contribution in [3.63, 3.8) is 0 Å². The number of carbonyl (C=O) groups is 2. The second-order valence-electron chi connectivity index (χ2n) is 2.72. The Hall–Kier alpha value is -0.700. The maximum atomic E-state index is 10.8. The van der Waals surface area contributed by atoms with Crippen LogP contribution in [0.3, 0.4) is 0 Å². The van der Waals surface area contributed by atoms with Gasteiger partial charge in [0.25, 0.3) is 0 Å². The normalized spacial score (nSPS) is 34.6. The minimum Gasteiger partial charge on any atom is -0.385 e. The van der Waals surface area contributed by atoms with E-state index in [1.165, 1.54) is 0 Å². The summed E-state index contributed by atoms with van der Waals surface area (Å²) in [6.07, 6.45) is 0.0426. The molecule has 0 saturated heterocycles. The lowest BCUT2D eigenvalue weighted by atomic mass is 9.87. The summed E-state index contributed by atoms with van der Waals surface area (Å²) in [5, 5.41) is 8.90. The van der Waals surface area contributed by atoms with Gasteiger partial charge in [-0.3, -0.25) is 9.59 Å². The van der Waals surface area contributed by atoms with E-state index in [2.05, 4.69) is 0 Å². The minimum atomic E-state index is -1.02. The molecule has 1 aliphatic rings. The number of aliphatic hydroxyl groups excluding tert-OH is 1. The molecule has 0 aromatic carbocycles. The second kappa shape index (κ2) is 2.50. The molecule has 0 bridgehead atoms. The SMILES string of the molecule is CC1CCC(O)C(=O)C1=O. The molecule has 56 valence electrons. The molecule has 1 N–H and O–H groups in total. The zero-order chi connectivity index (χ0) is 7.72.